The number of nitrogens with zero attached hydrogens (tertiary/aromatic N) is 4. The molecule has 366 valence electrons. The molecule has 0 bridgehead atoms. The van der Waals surface area contributed by atoms with E-state index in [0.29, 0.717) is 39.1 Å². The van der Waals surface area contributed by atoms with E-state index < -0.39 is 77.0 Å². The van der Waals surface area contributed by atoms with Crippen molar-refractivity contribution < 1.29 is 48.2 Å². The lowest BCUT2D eigenvalue weighted by atomic mass is 9.65. The van der Waals surface area contributed by atoms with Crippen LogP contribution >= 0.6 is 11.3 Å². The summed E-state index contributed by atoms with van der Waals surface area (Å²) in [6.45, 7) is -0.960. The third kappa shape index (κ3) is 8.84. The van der Waals surface area contributed by atoms with Crippen LogP contribution in [0.2, 0.25) is 0 Å². The number of ether oxygens (including phenoxy) is 3. The summed E-state index contributed by atoms with van der Waals surface area (Å²) in [5, 5.41) is 26.8. The summed E-state index contributed by atoms with van der Waals surface area (Å²) < 4.78 is 19.2. The molecule has 1 aromatic heterocycles. The summed E-state index contributed by atoms with van der Waals surface area (Å²) in [6, 6.07) is 37.8. The Morgan fingerprint density at radius 2 is 1.58 bits per heavy atom. The SMILES string of the molecule is NC(=O)NCC#Cc1ccc2c(c1)C1(C(=O)N2C(=O)OCc2ccc([N+](=O)[O-])cc2)C(C(=O)Nc2nc3ccccc3s2)C2C(=O)OC(c3ccccc3)C(c3ccccc3)N2C1c1cccc(OCCO)c1. The van der Waals surface area contributed by atoms with Crippen LogP contribution in [0.15, 0.2) is 152 Å². The van der Waals surface area contributed by atoms with Crippen molar-refractivity contribution in [3.8, 4) is 17.6 Å². The van der Waals surface area contributed by atoms with Gasteiger partial charge >= 0.3 is 18.1 Å². The quantitative estimate of drug-likeness (QED) is 0.0409. The minimum atomic E-state index is -2.23. The fourth-order valence-corrected chi connectivity index (χ4v) is 11.1. The number of hydrogen-bond acceptors (Lipinski definition) is 14. The van der Waals surface area contributed by atoms with Crippen LogP contribution in [0.25, 0.3) is 10.2 Å². The van der Waals surface area contributed by atoms with Gasteiger partial charge in [-0.3, -0.25) is 29.4 Å². The maximum absolute atomic E-state index is 16.6. The van der Waals surface area contributed by atoms with Crippen LogP contribution in [0.3, 0.4) is 0 Å². The number of amides is 5. The van der Waals surface area contributed by atoms with Crippen LogP contribution in [0.5, 0.6) is 5.75 Å². The number of aliphatic hydroxyl groups excluding tert-OH is 1. The molecule has 6 atom stereocenters. The summed E-state index contributed by atoms with van der Waals surface area (Å²) in [6.07, 6.45) is -2.16. The van der Waals surface area contributed by atoms with Crippen molar-refractivity contribution in [3.63, 3.8) is 0 Å². The summed E-state index contributed by atoms with van der Waals surface area (Å²) in [5.41, 5.74) is 5.99. The van der Waals surface area contributed by atoms with Gasteiger partial charge in [0.1, 0.15) is 36.5 Å². The second kappa shape index (κ2) is 20.0. The number of benzene rings is 6. The third-order valence-electron chi connectivity index (χ3n) is 13.1. The van der Waals surface area contributed by atoms with E-state index in [4.69, 9.17) is 24.9 Å². The van der Waals surface area contributed by atoms with E-state index >= 15 is 14.4 Å². The number of esters is 1. The van der Waals surface area contributed by atoms with Crippen molar-refractivity contribution in [2.45, 2.75) is 36.3 Å². The number of para-hydroxylation sites is 1. The molecule has 1 spiro atoms. The van der Waals surface area contributed by atoms with Crippen molar-refractivity contribution in [2.24, 2.45) is 11.7 Å². The Hall–Kier alpha value is -8.96. The van der Waals surface area contributed by atoms with Gasteiger partial charge in [0.15, 0.2) is 5.13 Å². The number of carbonyl (C=O) groups is 5. The first kappa shape index (κ1) is 47.7. The number of aromatic nitrogens is 1. The van der Waals surface area contributed by atoms with Gasteiger partial charge in [-0.1, -0.05) is 108 Å². The minimum Gasteiger partial charge on any atom is -0.491 e. The van der Waals surface area contributed by atoms with Crippen LogP contribution in [0, 0.1) is 27.9 Å². The molecular weight excluding hydrogens is 955 g/mol. The van der Waals surface area contributed by atoms with Gasteiger partial charge in [0.05, 0.1) is 52.0 Å². The number of hydrogen-bond donors (Lipinski definition) is 4. The van der Waals surface area contributed by atoms with Crippen LogP contribution < -0.4 is 26.0 Å². The molecular formula is C54H43N7O11S. The molecule has 10 rings (SSSR count). The number of nitro benzene ring substituents is 1. The van der Waals surface area contributed by atoms with Gasteiger partial charge in [0.25, 0.3) is 5.69 Å². The molecule has 5 amide bonds. The van der Waals surface area contributed by atoms with Crippen LogP contribution in [0.4, 0.5) is 26.1 Å². The highest BCUT2D eigenvalue weighted by Crippen LogP contribution is 2.66. The number of non-ortho nitro benzene ring substituents is 1. The van der Waals surface area contributed by atoms with Gasteiger partial charge in [0.2, 0.25) is 11.8 Å². The minimum absolute atomic E-state index is 0.0130. The van der Waals surface area contributed by atoms with E-state index in [1.807, 2.05) is 77.7 Å². The normalized spacial score (nSPS) is 20.8. The fraction of sp³-hybridized carbons (Fsp3) is 0.185. The highest BCUT2D eigenvalue weighted by Gasteiger charge is 2.76. The van der Waals surface area contributed by atoms with Crippen molar-refractivity contribution in [1.82, 2.24) is 15.2 Å². The van der Waals surface area contributed by atoms with Gasteiger partial charge in [0, 0.05) is 17.7 Å². The van der Waals surface area contributed by atoms with E-state index in [9.17, 15) is 24.8 Å². The molecule has 6 aromatic carbocycles. The predicted octanol–water partition coefficient (Wildman–Crippen LogP) is 7.24. The molecule has 7 aromatic rings. The number of rotatable bonds is 12. The smallest absolute Gasteiger partial charge is 0.421 e. The zero-order valence-corrected chi connectivity index (χ0v) is 39.3. The standard InChI is InChI=1S/C54H43N7O11S/c55-51(66)56-26-10-11-32-22-25-41-39(29-32)54(50(65)59(41)53(67)71-31-33-20-23-37(24-21-33)61(68)69)43(48(63)58-52-57-40-18-7-8-19-42(40)73-52)45-49(64)72-46(35-14-5-2-6-15-35)44(34-12-3-1-4-13-34)60(45)47(54)36-16-9-17-38(30-36)70-28-27-62/h1-9,12-25,29-30,43-47,62H,26-28,31H2,(H3,55,56,66)(H,57,58,63). The van der Waals surface area contributed by atoms with Gasteiger partial charge < -0.3 is 35.7 Å². The zero-order chi connectivity index (χ0) is 50.8. The van der Waals surface area contributed by atoms with Crippen molar-refractivity contribution in [1.29, 1.82) is 0 Å². The number of anilines is 2. The molecule has 2 fully saturated rings. The van der Waals surface area contributed by atoms with Gasteiger partial charge in [-0.05, 0) is 82.4 Å². The van der Waals surface area contributed by atoms with Crippen molar-refractivity contribution >= 4 is 68.0 Å². The van der Waals surface area contributed by atoms with Gasteiger partial charge in [-0.15, -0.1) is 0 Å². The lowest BCUT2D eigenvalue weighted by Crippen LogP contribution is -2.54. The number of nitrogens with one attached hydrogen (secondary N) is 2. The Labute approximate surface area is 420 Å². The van der Waals surface area contributed by atoms with E-state index in [-0.39, 0.29) is 41.8 Å². The predicted molar refractivity (Wildman–Crippen MR) is 267 cm³/mol. The Morgan fingerprint density at radius 1 is 0.863 bits per heavy atom. The largest absolute Gasteiger partial charge is 0.491 e. The number of cyclic esters (lactones) is 1. The summed E-state index contributed by atoms with van der Waals surface area (Å²) in [4.78, 5) is 92.8. The summed E-state index contributed by atoms with van der Waals surface area (Å²) in [7, 11) is 0. The second-order valence-electron chi connectivity index (χ2n) is 17.3. The lowest BCUT2D eigenvalue weighted by molar-refractivity contribution is -0.384. The fourth-order valence-electron chi connectivity index (χ4n) is 10.2. The number of morpholine rings is 1. The number of nitrogens with two attached hydrogens (primary N) is 1. The van der Waals surface area contributed by atoms with Crippen LogP contribution in [-0.4, -0.2) is 75.6 Å². The highest BCUT2D eigenvalue weighted by molar-refractivity contribution is 7.22. The lowest BCUT2D eigenvalue weighted by Gasteiger charge is -2.46. The Kier molecular flexibility index (Phi) is 13.1. The molecule has 6 unspecified atom stereocenters. The maximum atomic E-state index is 16.6. The number of urea groups is 1. The molecule has 0 saturated carbocycles. The molecule has 2 saturated heterocycles. The topological polar surface area (TPSA) is 246 Å². The maximum Gasteiger partial charge on any atom is 0.421 e. The number of imide groups is 1. The molecule has 3 aliphatic heterocycles. The monoisotopic (exact) mass is 997 g/mol. The Morgan fingerprint density at radius 3 is 2.29 bits per heavy atom. The number of carbonyl (C=O) groups excluding carboxylic acids is 5. The molecule has 5 N–H and O–H groups in total. The average molecular weight is 998 g/mol. The molecule has 3 aliphatic rings. The third-order valence-corrected chi connectivity index (χ3v) is 14.0. The van der Waals surface area contributed by atoms with Gasteiger partial charge in [-0.2, -0.15) is 0 Å². The van der Waals surface area contributed by atoms with E-state index in [0.717, 1.165) is 9.60 Å². The molecule has 0 aliphatic carbocycles. The van der Waals surface area contributed by atoms with Crippen molar-refractivity contribution in [2.75, 3.05) is 30.0 Å². The van der Waals surface area contributed by atoms with Crippen molar-refractivity contribution in [3.05, 3.63) is 195 Å². The Balaban J connectivity index is 1.24. The summed E-state index contributed by atoms with van der Waals surface area (Å²) >= 11 is 1.19. The summed E-state index contributed by atoms with van der Waals surface area (Å²) in [5.74, 6) is 1.88. The van der Waals surface area contributed by atoms with E-state index in [2.05, 4.69) is 22.5 Å². The number of primary amides is 1. The number of nitro groups is 1. The number of aliphatic hydroxyl groups is 1. The van der Waals surface area contributed by atoms with Gasteiger partial charge in [-0.25, -0.2) is 19.5 Å². The molecule has 73 heavy (non-hydrogen) atoms. The Bertz CT molecular complexity index is 3330. The first-order valence-corrected chi connectivity index (χ1v) is 23.8. The molecule has 0 radical (unpaired) electrons. The average Bonchev–Trinajstić information content (AvgIpc) is 4.08. The van der Waals surface area contributed by atoms with E-state index in [1.165, 1.54) is 41.7 Å². The highest BCUT2D eigenvalue weighted by atomic mass is 32.1. The van der Waals surface area contributed by atoms with Crippen LogP contribution in [0.1, 0.15) is 51.6 Å². The number of thiazole rings is 1. The molecule has 4 heterocycles. The first-order chi connectivity index (χ1) is 35.5. The van der Waals surface area contributed by atoms with E-state index in [1.54, 1.807) is 48.5 Å². The second-order valence-corrected chi connectivity index (χ2v) is 18.3. The first-order valence-electron chi connectivity index (χ1n) is 23.0. The molecule has 19 heteroatoms. The zero-order valence-electron chi connectivity index (χ0n) is 38.5. The molecule has 18 nitrogen and oxygen atoms in total. The van der Waals surface area contributed by atoms with Crippen LogP contribution in [-0.2, 0) is 35.9 Å². The number of fused-ring (bicyclic) bond motifs is 4.